The lowest BCUT2D eigenvalue weighted by Gasteiger charge is -2.25. The first-order valence-electron chi connectivity index (χ1n) is 3.95. The van der Waals surface area contributed by atoms with Crippen molar-refractivity contribution in [3.63, 3.8) is 0 Å². The summed E-state index contributed by atoms with van der Waals surface area (Å²) in [4.78, 5) is 10.5. The Morgan fingerprint density at radius 2 is 2.07 bits per heavy atom. The Balaban J connectivity index is 4.71. The summed E-state index contributed by atoms with van der Waals surface area (Å²) in [5.41, 5.74) is 8.00. The fraction of sp³-hybridized carbons (Fsp3) is 0.625. The van der Waals surface area contributed by atoms with Crippen LogP contribution >= 0.6 is 0 Å². The number of rotatable bonds is 5. The molecular weight excluding hydrogens is 194 g/mol. The van der Waals surface area contributed by atoms with E-state index in [1.54, 1.807) is 0 Å². The zero-order valence-corrected chi connectivity index (χ0v) is 7.84. The van der Waals surface area contributed by atoms with E-state index in [0.717, 1.165) is 0 Å². The number of nitrogens with two attached hydrogens (primary N) is 2. The topological polar surface area (TPSA) is 89.3 Å². The van der Waals surface area contributed by atoms with Crippen molar-refractivity contribution in [2.24, 2.45) is 11.5 Å². The normalized spacial score (nSPS) is 17.6. The van der Waals surface area contributed by atoms with E-state index in [9.17, 15) is 13.6 Å². The molecule has 0 radical (unpaired) electrons. The quantitative estimate of drug-likeness (QED) is 0.568. The van der Waals surface area contributed by atoms with Gasteiger partial charge in [-0.3, -0.25) is 0 Å². The molecule has 2 atom stereocenters. The molecule has 0 fully saturated rings. The second-order valence-electron chi connectivity index (χ2n) is 3.27. The molecule has 0 aliphatic rings. The smallest absolute Gasteiger partial charge is 0.330 e. The number of halogens is 2. The van der Waals surface area contributed by atoms with Crippen LogP contribution in [0.3, 0.4) is 0 Å². The van der Waals surface area contributed by atoms with Crippen LogP contribution < -0.4 is 11.5 Å². The van der Waals surface area contributed by atoms with Gasteiger partial charge in [-0.25, -0.2) is 13.6 Å². The summed E-state index contributed by atoms with van der Waals surface area (Å²) in [6.07, 6.45) is -3.69. The first kappa shape index (κ1) is 13.0. The lowest BCUT2D eigenvalue weighted by Crippen LogP contribution is -2.55. The molecule has 2 unspecified atom stereocenters. The Labute approximate surface area is 80.6 Å². The maximum absolute atomic E-state index is 12.4. The van der Waals surface area contributed by atoms with Crippen molar-refractivity contribution in [2.75, 3.05) is 0 Å². The van der Waals surface area contributed by atoms with Gasteiger partial charge in [0.15, 0.2) is 5.54 Å². The zero-order chi connectivity index (χ0) is 11.5. The highest BCUT2D eigenvalue weighted by Crippen LogP contribution is 2.22. The van der Waals surface area contributed by atoms with E-state index in [2.05, 4.69) is 6.58 Å². The van der Waals surface area contributed by atoms with Crippen molar-refractivity contribution in [2.45, 2.75) is 31.4 Å². The molecule has 0 aromatic heterocycles. The van der Waals surface area contributed by atoms with Crippen LogP contribution in [0, 0.1) is 0 Å². The molecule has 0 bridgehead atoms. The lowest BCUT2D eigenvalue weighted by molar-refractivity contribution is -0.149. The molecule has 0 aliphatic heterocycles. The minimum atomic E-state index is -3.16. The summed E-state index contributed by atoms with van der Waals surface area (Å²) >= 11 is 0. The van der Waals surface area contributed by atoms with Crippen LogP contribution in [0.5, 0.6) is 0 Å². The SMILES string of the molecule is C=C(CC(N)(C(=O)O)C(F)F)C(C)N. The van der Waals surface area contributed by atoms with Gasteiger partial charge in [-0.2, -0.15) is 0 Å². The van der Waals surface area contributed by atoms with Gasteiger partial charge >= 0.3 is 5.97 Å². The number of aliphatic carboxylic acids is 1. The van der Waals surface area contributed by atoms with Crippen molar-refractivity contribution in [1.29, 1.82) is 0 Å². The molecule has 0 aromatic rings. The number of hydrogen-bond acceptors (Lipinski definition) is 3. The minimum Gasteiger partial charge on any atom is -0.480 e. The average Bonchev–Trinajstić information content (AvgIpc) is 2.02. The van der Waals surface area contributed by atoms with E-state index >= 15 is 0 Å². The Morgan fingerprint density at radius 1 is 1.64 bits per heavy atom. The Bertz CT molecular complexity index is 243. The number of alkyl halides is 2. The second-order valence-corrected chi connectivity index (χ2v) is 3.27. The van der Waals surface area contributed by atoms with Crippen LogP contribution in [-0.4, -0.2) is 29.1 Å². The number of hydrogen-bond donors (Lipinski definition) is 3. The molecule has 0 saturated heterocycles. The largest absolute Gasteiger partial charge is 0.480 e. The van der Waals surface area contributed by atoms with Crippen LogP contribution in [0.4, 0.5) is 8.78 Å². The molecule has 0 heterocycles. The van der Waals surface area contributed by atoms with Gasteiger partial charge in [-0.15, -0.1) is 0 Å². The summed E-state index contributed by atoms with van der Waals surface area (Å²) in [6, 6.07) is -0.559. The van der Waals surface area contributed by atoms with E-state index in [1.807, 2.05) is 0 Å². The third-order valence-electron chi connectivity index (χ3n) is 1.95. The van der Waals surface area contributed by atoms with Crippen molar-refractivity contribution in [1.82, 2.24) is 0 Å². The molecule has 0 amide bonds. The molecule has 6 heteroatoms. The van der Waals surface area contributed by atoms with E-state index in [4.69, 9.17) is 16.6 Å². The molecule has 0 saturated carbocycles. The molecule has 0 aliphatic carbocycles. The van der Waals surface area contributed by atoms with Crippen molar-refractivity contribution >= 4 is 5.97 Å². The summed E-state index contributed by atoms with van der Waals surface area (Å²) in [5.74, 6) is -1.76. The molecule has 0 aromatic carbocycles. The monoisotopic (exact) mass is 208 g/mol. The molecular formula is C8H14F2N2O2. The van der Waals surface area contributed by atoms with Crippen LogP contribution in [0.15, 0.2) is 12.2 Å². The summed E-state index contributed by atoms with van der Waals surface area (Å²) < 4.78 is 24.7. The van der Waals surface area contributed by atoms with Crippen molar-refractivity contribution < 1.29 is 18.7 Å². The van der Waals surface area contributed by atoms with E-state index < -0.39 is 30.4 Å². The van der Waals surface area contributed by atoms with Gasteiger partial charge in [-0.05, 0) is 6.92 Å². The Morgan fingerprint density at radius 3 is 2.29 bits per heavy atom. The maximum Gasteiger partial charge on any atom is 0.330 e. The van der Waals surface area contributed by atoms with Gasteiger partial charge < -0.3 is 16.6 Å². The Kier molecular flexibility index (Phi) is 4.15. The molecule has 0 rings (SSSR count). The van der Waals surface area contributed by atoms with Gasteiger partial charge in [0.25, 0.3) is 6.43 Å². The second kappa shape index (κ2) is 4.47. The summed E-state index contributed by atoms with van der Waals surface area (Å²) in [6.45, 7) is 4.93. The maximum atomic E-state index is 12.4. The predicted octanol–water partition coefficient (Wildman–Crippen LogP) is 0.327. The van der Waals surface area contributed by atoms with E-state index in [1.165, 1.54) is 6.92 Å². The van der Waals surface area contributed by atoms with Crippen LogP contribution in [0.1, 0.15) is 13.3 Å². The highest BCUT2D eigenvalue weighted by Gasteiger charge is 2.44. The standard InChI is InChI=1S/C8H14F2N2O2/c1-4(5(2)11)3-8(12,6(9)10)7(13)14/h5-6H,1,3,11-12H2,2H3,(H,13,14). The molecule has 14 heavy (non-hydrogen) atoms. The van der Waals surface area contributed by atoms with Crippen LogP contribution in [0.2, 0.25) is 0 Å². The predicted molar refractivity (Wildman–Crippen MR) is 48.0 cm³/mol. The average molecular weight is 208 g/mol. The highest BCUT2D eigenvalue weighted by molar-refractivity contribution is 5.79. The first-order valence-corrected chi connectivity index (χ1v) is 3.95. The van der Waals surface area contributed by atoms with E-state index in [-0.39, 0.29) is 5.57 Å². The number of carboxylic acid groups (broad SMARTS) is 1. The van der Waals surface area contributed by atoms with E-state index in [0.29, 0.717) is 0 Å². The summed E-state index contributed by atoms with van der Waals surface area (Å²) in [5, 5.41) is 8.55. The van der Waals surface area contributed by atoms with Gasteiger partial charge in [0.2, 0.25) is 0 Å². The van der Waals surface area contributed by atoms with Gasteiger partial charge in [0.1, 0.15) is 0 Å². The fourth-order valence-electron chi connectivity index (χ4n) is 0.783. The third kappa shape index (κ3) is 2.74. The molecule has 4 nitrogen and oxygen atoms in total. The zero-order valence-electron chi connectivity index (χ0n) is 7.84. The lowest BCUT2D eigenvalue weighted by atomic mass is 9.90. The van der Waals surface area contributed by atoms with Crippen LogP contribution in [-0.2, 0) is 4.79 Å². The van der Waals surface area contributed by atoms with Gasteiger partial charge in [-0.1, -0.05) is 12.2 Å². The highest BCUT2D eigenvalue weighted by atomic mass is 19.3. The summed E-state index contributed by atoms with van der Waals surface area (Å²) in [7, 11) is 0. The van der Waals surface area contributed by atoms with Crippen molar-refractivity contribution in [3.05, 3.63) is 12.2 Å². The van der Waals surface area contributed by atoms with Gasteiger partial charge in [0, 0.05) is 12.5 Å². The minimum absolute atomic E-state index is 0.190. The third-order valence-corrected chi connectivity index (χ3v) is 1.95. The van der Waals surface area contributed by atoms with Gasteiger partial charge in [0.05, 0.1) is 0 Å². The first-order chi connectivity index (χ1) is 6.21. The van der Waals surface area contributed by atoms with Crippen LogP contribution in [0.25, 0.3) is 0 Å². The number of carbonyl (C=O) groups is 1. The molecule has 5 N–H and O–H groups in total. The fourth-order valence-corrected chi connectivity index (χ4v) is 0.783. The molecule has 0 spiro atoms. The Hall–Kier alpha value is -1.01. The number of carboxylic acids is 1. The molecule has 82 valence electrons. The van der Waals surface area contributed by atoms with Crippen molar-refractivity contribution in [3.8, 4) is 0 Å².